The molecule has 2 unspecified atom stereocenters. The van der Waals surface area contributed by atoms with Crippen LogP contribution in [0.2, 0.25) is 0 Å². The minimum atomic E-state index is -0.777. The summed E-state index contributed by atoms with van der Waals surface area (Å²) in [5.41, 5.74) is 0.0575. The highest BCUT2D eigenvalue weighted by atomic mass is 16.5. The molecule has 118 valence electrons. The van der Waals surface area contributed by atoms with Crippen molar-refractivity contribution in [3.8, 4) is 5.75 Å². The second-order valence-corrected chi connectivity index (χ2v) is 5.24. The molecular weight excluding hydrogens is 270 g/mol. The number of carbonyl (C=O) groups is 1. The van der Waals surface area contributed by atoms with Gasteiger partial charge in [0.05, 0.1) is 19.3 Å². The van der Waals surface area contributed by atoms with Gasteiger partial charge in [0.2, 0.25) is 0 Å². The predicted octanol–water partition coefficient (Wildman–Crippen LogP) is 1.88. The van der Waals surface area contributed by atoms with Crippen LogP contribution in [-0.4, -0.2) is 36.4 Å². The number of hydrogen-bond acceptors (Lipinski definition) is 5. The summed E-state index contributed by atoms with van der Waals surface area (Å²) in [6, 6.07) is 7.24. The zero-order valence-electron chi connectivity index (χ0n) is 13.2. The highest BCUT2D eigenvalue weighted by Gasteiger charge is 2.35. The highest BCUT2D eigenvalue weighted by molar-refractivity contribution is 5.80. The Labute approximate surface area is 126 Å². The van der Waals surface area contributed by atoms with E-state index in [1.165, 1.54) is 0 Å². The topological polar surface area (TPSA) is 67.8 Å². The molecule has 0 heterocycles. The summed E-state index contributed by atoms with van der Waals surface area (Å²) in [7, 11) is 1.74. The first-order chi connectivity index (χ1) is 9.95. The van der Waals surface area contributed by atoms with Crippen molar-refractivity contribution < 1.29 is 19.4 Å². The van der Waals surface area contributed by atoms with E-state index in [1.54, 1.807) is 20.9 Å². The zero-order chi connectivity index (χ0) is 15.9. The van der Waals surface area contributed by atoms with E-state index in [1.807, 2.05) is 31.2 Å². The summed E-state index contributed by atoms with van der Waals surface area (Å²) >= 11 is 0. The fraction of sp³-hybridized carbons (Fsp3) is 0.562. The zero-order valence-corrected chi connectivity index (χ0v) is 13.2. The average Bonchev–Trinajstić information content (AvgIpc) is 2.48. The molecule has 0 saturated carbocycles. The van der Waals surface area contributed by atoms with Gasteiger partial charge in [0.1, 0.15) is 11.3 Å². The van der Waals surface area contributed by atoms with E-state index in [0.29, 0.717) is 18.8 Å². The number of hydrogen-bond donors (Lipinski definition) is 2. The summed E-state index contributed by atoms with van der Waals surface area (Å²) in [5, 5.41) is 12.0. The van der Waals surface area contributed by atoms with Gasteiger partial charge in [-0.05, 0) is 45.5 Å². The van der Waals surface area contributed by atoms with Gasteiger partial charge in [-0.25, -0.2) is 0 Å². The Morgan fingerprint density at radius 2 is 2.00 bits per heavy atom. The molecule has 5 heteroatoms. The molecule has 0 aliphatic rings. The number of rotatable bonds is 8. The van der Waals surface area contributed by atoms with E-state index < -0.39 is 5.54 Å². The number of ether oxygens (including phenoxy) is 2. The number of nitrogens with one attached hydrogen (secondary N) is 1. The van der Waals surface area contributed by atoms with Crippen molar-refractivity contribution in [1.82, 2.24) is 5.32 Å². The van der Waals surface area contributed by atoms with Gasteiger partial charge in [0, 0.05) is 6.42 Å². The Balaban J connectivity index is 2.65. The van der Waals surface area contributed by atoms with Crippen LogP contribution in [-0.2, 0) is 16.1 Å². The van der Waals surface area contributed by atoms with Gasteiger partial charge < -0.3 is 19.9 Å². The van der Waals surface area contributed by atoms with Crippen LogP contribution < -0.4 is 10.1 Å². The number of aliphatic hydroxyl groups excluding tert-OH is 1. The van der Waals surface area contributed by atoms with Crippen LogP contribution >= 0.6 is 0 Å². The Bertz CT molecular complexity index is 446. The largest absolute Gasteiger partial charge is 0.491 e. The third-order valence-corrected chi connectivity index (χ3v) is 3.42. The molecule has 0 saturated heterocycles. The molecule has 0 aliphatic carbocycles. The Morgan fingerprint density at radius 1 is 1.38 bits per heavy atom. The first-order valence-electron chi connectivity index (χ1n) is 7.17. The maximum Gasteiger partial charge on any atom is 0.326 e. The van der Waals surface area contributed by atoms with Gasteiger partial charge in [0.15, 0.2) is 0 Å². The van der Waals surface area contributed by atoms with Crippen molar-refractivity contribution in [2.75, 3.05) is 13.7 Å². The van der Waals surface area contributed by atoms with Gasteiger partial charge in [-0.3, -0.25) is 4.79 Å². The van der Waals surface area contributed by atoms with E-state index in [9.17, 15) is 4.79 Å². The smallest absolute Gasteiger partial charge is 0.326 e. The third kappa shape index (κ3) is 5.02. The lowest BCUT2D eigenvalue weighted by Gasteiger charge is -2.29. The summed E-state index contributed by atoms with van der Waals surface area (Å²) in [5.74, 6) is 0.431. The van der Waals surface area contributed by atoms with Crippen molar-refractivity contribution in [2.45, 2.75) is 45.4 Å². The molecule has 5 nitrogen and oxygen atoms in total. The minimum Gasteiger partial charge on any atom is -0.491 e. The van der Waals surface area contributed by atoms with Crippen molar-refractivity contribution >= 4 is 5.97 Å². The van der Waals surface area contributed by atoms with E-state index in [0.717, 1.165) is 5.56 Å². The minimum absolute atomic E-state index is 0.0104. The van der Waals surface area contributed by atoms with E-state index in [-0.39, 0.29) is 18.7 Å². The molecule has 2 N–H and O–H groups in total. The monoisotopic (exact) mass is 295 g/mol. The maximum absolute atomic E-state index is 12.0. The lowest BCUT2D eigenvalue weighted by atomic mass is 9.95. The maximum atomic E-state index is 12.0. The second-order valence-electron chi connectivity index (χ2n) is 5.24. The lowest BCUT2D eigenvalue weighted by molar-refractivity contribution is -0.151. The fourth-order valence-corrected chi connectivity index (χ4v) is 2.10. The van der Waals surface area contributed by atoms with Gasteiger partial charge in [-0.2, -0.15) is 0 Å². The van der Waals surface area contributed by atoms with Crippen molar-refractivity contribution in [2.24, 2.45) is 0 Å². The first kappa shape index (κ1) is 17.5. The van der Waals surface area contributed by atoms with E-state index in [4.69, 9.17) is 14.6 Å². The quantitative estimate of drug-likeness (QED) is 0.717. The molecule has 0 spiro atoms. The van der Waals surface area contributed by atoms with Crippen LogP contribution in [0.1, 0.15) is 32.8 Å². The number of likely N-dealkylation sites (N-methyl/N-ethyl adjacent to an activating group) is 1. The van der Waals surface area contributed by atoms with E-state index in [2.05, 4.69) is 5.32 Å². The third-order valence-electron chi connectivity index (χ3n) is 3.42. The van der Waals surface area contributed by atoms with Crippen LogP contribution in [0.3, 0.4) is 0 Å². The van der Waals surface area contributed by atoms with E-state index >= 15 is 0 Å². The van der Waals surface area contributed by atoms with Crippen LogP contribution in [0.25, 0.3) is 0 Å². The van der Waals surface area contributed by atoms with Gasteiger partial charge >= 0.3 is 5.97 Å². The molecule has 0 amide bonds. The molecule has 1 aromatic carbocycles. The lowest BCUT2D eigenvalue weighted by Crippen LogP contribution is -2.51. The normalized spacial score (nSPS) is 15.1. The summed E-state index contributed by atoms with van der Waals surface area (Å²) < 4.78 is 10.9. The second kappa shape index (κ2) is 8.00. The number of carbonyl (C=O) groups excluding carboxylic acids is 1. The van der Waals surface area contributed by atoms with Crippen molar-refractivity contribution in [1.29, 1.82) is 0 Å². The summed E-state index contributed by atoms with van der Waals surface area (Å²) in [4.78, 5) is 12.0. The van der Waals surface area contributed by atoms with Crippen molar-refractivity contribution in [3.05, 3.63) is 29.8 Å². The molecular formula is C16H25NO4. The fourth-order valence-electron chi connectivity index (χ4n) is 2.10. The Kier molecular flexibility index (Phi) is 6.65. The SMILES string of the molecule is CCOC(=O)C(C)(CC(C)Oc1ccc(CO)cc1)NC. The molecule has 0 bridgehead atoms. The number of esters is 1. The molecule has 0 aliphatic heterocycles. The molecule has 1 rings (SSSR count). The van der Waals surface area contributed by atoms with Crippen LogP contribution in [0.5, 0.6) is 5.75 Å². The van der Waals surface area contributed by atoms with Gasteiger partial charge in [0.25, 0.3) is 0 Å². The summed E-state index contributed by atoms with van der Waals surface area (Å²) in [6.07, 6.45) is 0.330. The molecule has 0 radical (unpaired) electrons. The highest BCUT2D eigenvalue weighted by Crippen LogP contribution is 2.20. The molecule has 21 heavy (non-hydrogen) atoms. The van der Waals surface area contributed by atoms with Crippen LogP contribution in [0.15, 0.2) is 24.3 Å². The predicted molar refractivity (Wildman–Crippen MR) is 81.2 cm³/mol. The molecule has 0 fully saturated rings. The first-order valence-corrected chi connectivity index (χ1v) is 7.17. The van der Waals surface area contributed by atoms with Crippen molar-refractivity contribution in [3.63, 3.8) is 0 Å². The van der Waals surface area contributed by atoms with Gasteiger partial charge in [-0.1, -0.05) is 12.1 Å². The van der Waals surface area contributed by atoms with Gasteiger partial charge in [-0.15, -0.1) is 0 Å². The van der Waals surface area contributed by atoms with Crippen LogP contribution in [0, 0.1) is 0 Å². The standard InChI is InChI=1S/C16H25NO4/c1-5-20-15(19)16(3,17-4)10-12(2)21-14-8-6-13(11-18)7-9-14/h6-9,12,17-18H,5,10-11H2,1-4H3. The Hall–Kier alpha value is -1.59. The average molecular weight is 295 g/mol. The van der Waals surface area contributed by atoms with Crippen LogP contribution in [0.4, 0.5) is 0 Å². The number of benzene rings is 1. The molecule has 2 atom stereocenters. The molecule has 1 aromatic rings. The summed E-state index contributed by atoms with van der Waals surface area (Å²) in [6.45, 7) is 5.87. The Morgan fingerprint density at radius 3 is 2.48 bits per heavy atom. The number of aliphatic hydroxyl groups is 1. The molecule has 0 aromatic heterocycles.